The van der Waals surface area contributed by atoms with E-state index in [0.717, 1.165) is 0 Å². The van der Waals surface area contributed by atoms with E-state index in [9.17, 15) is 9.18 Å². The van der Waals surface area contributed by atoms with Gasteiger partial charge in [0.1, 0.15) is 5.82 Å². The van der Waals surface area contributed by atoms with E-state index in [4.69, 9.17) is 21.4 Å². The Morgan fingerprint density at radius 2 is 2.33 bits per heavy atom. The predicted octanol–water partition coefficient (Wildman–Crippen LogP) is 2.47. The molecule has 15 heavy (non-hydrogen) atoms. The van der Waals surface area contributed by atoms with E-state index >= 15 is 0 Å². The molecule has 0 aliphatic rings. The molecule has 0 saturated carbocycles. The minimum absolute atomic E-state index is 0.0324. The van der Waals surface area contributed by atoms with Crippen molar-refractivity contribution in [1.82, 2.24) is 0 Å². The number of halogens is 2. The molecule has 1 N–H and O–H groups in total. The fraction of sp³-hybridized carbons (Fsp3) is 0.300. The van der Waals surface area contributed by atoms with E-state index in [1.807, 2.05) is 0 Å². The molecule has 82 valence electrons. The van der Waals surface area contributed by atoms with Crippen molar-refractivity contribution in [2.45, 2.75) is 19.6 Å². The molecule has 0 aromatic heterocycles. The Morgan fingerprint density at radius 3 is 2.87 bits per heavy atom. The van der Waals surface area contributed by atoms with Crippen molar-refractivity contribution in [1.29, 1.82) is 0 Å². The van der Waals surface area contributed by atoms with Crippen LogP contribution in [0.3, 0.4) is 0 Å². The van der Waals surface area contributed by atoms with Crippen LogP contribution in [0.2, 0.25) is 5.02 Å². The van der Waals surface area contributed by atoms with E-state index in [2.05, 4.69) is 0 Å². The lowest BCUT2D eigenvalue weighted by Crippen LogP contribution is -2.19. The number of hydrogen-bond acceptors (Lipinski definition) is 2. The summed E-state index contributed by atoms with van der Waals surface area (Å²) in [6, 6.07) is 4.21. The van der Waals surface area contributed by atoms with E-state index in [0.29, 0.717) is 5.56 Å². The fourth-order valence-corrected chi connectivity index (χ4v) is 1.04. The van der Waals surface area contributed by atoms with Gasteiger partial charge in [0.2, 0.25) is 0 Å². The molecule has 5 heteroatoms. The summed E-state index contributed by atoms with van der Waals surface area (Å²) in [6.07, 6.45) is -0.913. The maximum atomic E-state index is 13.0. The zero-order valence-corrected chi connectivity index (χ0v) is 8.79. The van der Waals surface area contributed by atoms with Gasteiger partial charge < -0.3 is 9.84 Å². The zero-order valence-electron chi connectivity index (χ0n) is 8.04. The largest absolute Gasteiger partial charge is 0.479 e. The molecule has 0 aliphatic heterocycles. The Labute approximate surface area is 91.4 Å². The lowest BCUT2D eigenvalue weighted by atomic mass is 10.2. The zero-order chi connectivity index (χ0) is 11.4. The first-order valence-corrected chi connectivity index (χ1v) is 4.67. The van der Waals surface area contributed by atoms with E-state index in [1.54, 1.807) is 6.07 Å². The molecule has 0 heterocycles. The first-order chi connectivity index (χ1) is 7.00. The van der Waals surface area contributed by atoms with Gasteiger partial charge in [0.05, 0.1) is 11.6 Å². The van der Waals surface area contributed by atoms with Crippen LogP contribution in [0.25, 0.3) is 0 Å². The van der Waals surface area contributed by atoms with Crippen LogP contribution >= 0.6 is 11.6 Å². The summed E-state index contributed by atoms with van der Waals surface area (Å²) >= 11 is 5.48. The minimum Gasteiger partial charge on any atom is -0.479 e. The third kappa shape index (κ3) is 3.49. The van der Waals surface area contributed by atoms with Crippen molar-refractivity contribution in [3.8, 4) is 0 Å². The van der Waals surface area contributed by atoms with Gasteiger partial charge in [0.15, 0.2) is 6.10 Å². The van der Waals surface area contributed by atoms with Gasteiger partial charge >= 0.3 is 5.97 Å². The number of aliphatic carboxylic acids is 1. The number of hydrogen-bond donors (Lipinski definition) is 1. The molecule has 3 nitrogen and oxygen atoms in total. The molecule has 0 radical (unpaired) electrons. The summed E-state index contributed by atoms with van der Waals surface area (Å²) in [7, 11) is 0. The van der Waals surface area contributed by atoms with Crippen LogP contribution in [0.1, 0.15) is 12.5 Å². The number of ether oxygens (including phenoxy) is 1. The Balaban J connectivity index is 2.58. The van der Waals surface area contributed by atoms with Crippen molar-refractivity contribution < 1.29 is 19.0 Å². The molecule has 0 aliphatic carbocycles. The van der Waals surface area contributed by atoms with Crippen LogP contribution in [-0.2, 0) is 16.1 Å². The topological polar surface area (TPSA) is 46.5 Å². The number of carboxylic acid groups (broad SMARTS) is 1. The van der Waals surface area contributed by atoms with Crippen LogP contribution in [0.4, 0.5) is 4.39 Å². The Hall–Kier alpha value is -1.13. The number of carbonyl (C=O) groups is 1. The molecule has 0 amide bonds. The van der Waals surface area contributed by atoms with Crippen molar-refractivity contribution in [3.63, 3.8) is 0 Å². The summed E-state index contributed by atoms with van der Waals surface area (Å²) in [5.41, 5.74) is 0.546. The van der Waals surface area contributed by atoms with Crippen LogP contribution in [0, 0.1) is 5.82 Å². The van der Waals surface area contributed by atoms with Crippen LogP contribution < -0.4 is 0 Å². The molecule has 0 bridgehead atoms. The second kappa shape index (κ2) is 5.09. The molecule has 0 spiro atoms. The highest BCUT2D eigenvalue weighted by Gasteiger charge is 2.11. The van der Waals surface area contributed by atoms with Gasteiger partial charge in [-0.25, -0.2) is 9.18 Å². The SMILES string of the molecule is CC(OCc1ccc(Cl)c(F)c1)C(=O)O. The van der Waals surface area contributed by atoms with Crippen molar-refractivity contribution in [2.75, 3.05) is 0 Å². The third-order valence-electron chi connectivity index (χ3n) is 1.83. The van der Waals surface area contributed by atoms with Gasteiger partial charge in [-0.2, -0.15) is 0 Å². The summed E-state index contributed by atoms with van der Waals surface area (Å²) in [5.74, 6) is -1.59. The maximum absolute atomic E-state index is 13.0. The van der Waals surface area contributed by atoms with Gasteiger partial charge in [0.25, 0.3) is 0 Å². The number of rotatable bonds is 4. The molecule has 1 rings (SSSR count). The number of carboxylic acids is 1. The summed E-state index contributed by atoms with van der Waals surface area (Å²) in [5, 5.41) is 8.57. The quantitative estimate of drug-likeness (QED) is 0.868. The summed E-state index contributed by atoms with van der Waals surface area (Å²) in [6.45, 7) is 1.45. The Kier molecular flexibility index (Phi) is 4.05. The molecule has 1 unspecified atom stereocenters. The molecular weight excluding hydrogens is 223 g/mol. The van der Waals surface area contributed by atoms with E-state index < -0.39 is 17.9 Å². The summed E-state index contributed by atoms with van der Waals surface area (Å²) < 4.78 is 17.9. The highest BCUT2D eigenvalue weighted by atomic mass is 35.5. The average Bonchev–Trinajstić information content (AvgIpc) is 2.19. The van der Waals surface area contributed by atoms with Crippen LogP contribution in [-0.4, -0.2) is 17.2 Å². The van der Waals surface area contributed by atoms with Gasteiger partial charge in [0, 0.05) is 0 Å². The molecular formula is C10H10ClFO3. The van der Waals surface area contributed by atoms with Crippen molar-refractivity contribution in [3.05, 3.63) is 34.6 Å². The lowest BCUT2D eigenvalue weighted by molar-refractivity contribution is -0.149. The number of benzene rings is 1. The third-order valence-corrected chi connectivity index (χ3v) is 2.14. The van der Waals surface area contributed by atoms with Crippen LogP contribution in [0.15, 0.2) is 18.2 Å². The first-order valence-electron chi connectivity index (χ1n) is 4.29. The van der Waals surface area contributed by atoms with Crippen LogP contribution in [0.5, 0.6) is 0 Å². The van der Waals surface area contributed by atoms with Crippen molar-refractivity contribution in [2.24, 2.45) is 0 Å². The summed E-state index contributed by atoms with van der Waals surface area (Å²) in [4.78, 5) is 10.4. The average molecular weight is 233 g/mol. The molecule has 1 aromatic rings. The standard InChI is InChI=1S/C10H10ClFO3/c1-6(10(13)14)15-5-7-2-3-8(11)9(12)4-7/h2-4,6H,5H2,1H3,(H,13,14). The Bertz CT molecular complexity index is 368. The van der Waals surface area contributed by atoms with E-state index in [1.165, 1.54) is 19.1 Å². The lowest BCUT2D eigenvalue weighted by Gasteiger charge is -2.08. The smallest absolute Gasteiger partial charge is 0.332 e. The first kappa shape index (κ1) is 11.9. The predicted molar refractivity (Wildman–Crippen MR) is 53.3 cm³/mol. The van der Waals surface area contributed by atoms with Crippen molar-refractivity contribution >= 4 is 17.6 Å². The van der Waals surface area contributed by atoms with Gasteiger partial charge in [-0.1, -0.05) is 17.7 Å². The fourth-order valence-electron chi connectivity index (χ4n) is 0.922. The minimum atomic E-state index is -1.05. The van der Waals surface area contributed by atoms with E-state index in [-0.39, 0.29) is 11.6 Å². The second-order valence-corrected chi connectivity index (χ2v) is 3.45. The second-order valence-electron chi connectivity index (χ2n) is 3.04. The highest BCUT2D eigenvalue weighted by molar-refractivity contribution is 6.30. The van der Waals surface area contributed by atoms with Gasteiger partial charge in [-0.3, -0.25) is 0 Å². The van der Waals surface area contributed by atoms with Gasteiger partial charge in [-0.15, -0.1) is 0 Å². The molecule has 1 aromatic carbocycles. The molecule has 0 fully saturated rings. The maximum Gasteiger partial charge on any atom is 0.332 e. The van der Waals surface area contributed by atoms with Gasteiger partial charge in [-0.05, 0) is 24.6 Å². The highest BCUT2D eigenvalue weighted by Crippen LogP contribution is 2.16. The Morgan fingerprint density at radius 1 is 1.67 bits per heavy atom. The molecule has 1 atom stereocenters. The molecule has 0 saturated heterocycles. The monoisotopic (exact) mass is 232 g/mol. The normalized spacial score (nSPS) is 12.5.